The van der Waals surface area contributed by atoms with Gasteiger partial charge in [0.1, 0.15) is 6.04 Å². The number of carboxylic acids is 2. The first-order valence-corrected chi connectivity index (χ1v) is 7.48. The van der Waals surface area contributed by atoms with E-state index >= 15 is 0 Å². The lowest BCUT2D eigenvalue weighted by atomic mass is 10.1. The number of benzene rings is 1. The lowest BCUT2D eigenvalue weighted by molar-refractivity contribution is -0.140. The van der Waals surface area contributed by atoms with Gasteiger partial charge in [-0.25, -0.2) is 4.79 Å². The number of carboxylic acid groups (broad SMARTS) is 2. The summed E-state index contributed by atoms with van der Waals surface area (Å²) in [5.74, 6) is -2.98. The molecule has 1 aromatic heterocycles. The number of H-pyrrole nitrogens is 1. The predicted octanol–water partition coefficient (Wildman–Crippen LogP) is 1.81. The summed E-state index contributed by atoms with van der Waals surface area (Å²) in [5, 5.41) is 20.0. The molecule has 2 rings (SSSR count). The van der Waals surface area contributed by atoms with Crippen molar-refractivity contribution < 1.29 is 24.6 Å². The van der Waals surface area contributed by atoms with Crippen LogP contribution in [0, 0.1) is 0 Å². The second-order valence-electron chi connectivity index (χ2n) is 5.23. The zero-order valence-corrected chi connectivity index (χ0v) is 13.2. The quantitative estimate of drug-likeness (QED) is 0.543. The largest absolute Gasteiger partial charge is 0.481 e. The van der Waals surface area contributed by atoms with Gasteiger partial charge in [-0.05, 0) is 42.8 Å². The highest BCUT2D eigenvalue weighted by Gasteiger charge is 2.21. The summed E-state index contributed by atoms with van der Waals surface area (Å²) < 4.78 is 0. The number of aromatic amines is 1. The summed E-state index contributed by atoms with van der Waals surface area (Å²) in [5.41, 5.74) is 1.73. The summed E-state index contributed by atoms with van der Waals surface area (Å²) in [6, 6.07) is 8.74. The van der Waals surface area contributed by atoms with E-state index in [9.17, 15) is 14.4 Å². The summed E-state index contributed by atoms with van der Waals surface area (Å²) in [7, 11) is 0. The summed E-state index contributed by atoms with van der Waals surface area (Å²) in [6.07, 6.45) is 2.89. The molecule has 0 radical (unpaired) electrons. The molecule has 8 heteroatoms. The molecule has 2 aromatic rings. The molecule has 8 nitrogen and oxygen atoms in total. The highest BCUT2D eigenvalue weighted by atomic mass is 16.4. The van der Waals surface area contributed by atoms with Crippen molar-refractivity contribution in [1.82, 2.24) is 10.3 Å². The van der Waals surface area contributed by atoms with Gasteiger partial charge in [0, 0.05) is 18.2 Å². The van der Waals surface area contributed by atoms with Gasteiger partial charge in [0.15, 0.2) is 0 Å². The van der Waals surface area contributed by atoms with Crippen LogP contribution in [0.1, 0.15) is 28.9 Å². The lowest BCUT2D eigenvalue weighted by Crippen LogP contribution is -2.41. The van der Waals surface area contributed by atoms with Crippen LogP contribution in [0.2, 0.25) is 0 Å². The van der Waals surface area contributed by atoms with Gasteiger partial charge in [-0.3, -0.25) is 14.6 Å². The van der Waals surface area contributed by atoms with Crippen molar-refractivity contribution in [2.24, 2.45) is 4.99 Å². The van der Waals surface area contributed by atoms with Gasteiger partial charge in [0.05, 0.1) is 17.6 Å². The Morgan fingerprint density at radius 1 is 1.16 bits per heavy atom. The Kier molecular flexibility index (Phi) is 6.05. The second kappa shape index (κ2) is 8.44. The third kappa shape index (κ3) is 5.61. The fourth-order valence-electron chi connectivity index (χ4n) is 2.03. The van der Waals surface area contributed by atoms with Gasteiger partial charge in [0.2, 0.25) is 0 Å². The van der Waals surface area contributed by atoms with Crippen molar-refractivity contribution in [1.29, 1.82) is 0 Å². The first-order chi connectivity index (χ1) is 12.0. The van der Waals surface area contributed by atoms with Gasteiger partial charge in [-0.2, -0.15) is 0 Å². The molecular weight excluding hydrogens is 326 g/mol. The maximum absolute atomic E-state index is 12.1. The molecule has 4 N–H and O–H groups in total. The number of hydrogen-bond acceptors (Lipinski definition) is 4. The molecular formula is C17H17N3O5. The Labute approximate surface area is 143 Å². The first kappa shape index (κ1) is 17.9. The lowest BCUT2D eigenvalue weighted by Gasteiger charge is -2.13. The average Bonchev–Trinajstić information content (AvgIpc) is 3.10. The minimum atomic E-state index is -1.28. The smallest absolute Gasteiger partial charge is 0.326 e. The number of carbonyl (C=O) groups excluding carboxylic acids is 1. The number of aliphatic imine (C=N–C) groups is 1. The van der Waals surface area contributed by atoms with Crippen LogP contribution in [0.25, 0.3) is 0 Å². The Morgan fingerprint density at radius 2 is 1.88 bits per heavy atom. The Morgan fingerprint density at radius 3 is 2.44 bits per heavy atom. The van der Waals surface area contributed by atoms with E-state index in [1.807, 2.05) is 12.1 Å². The molecule has 0 saturated carbocycles. The van der Waals surface area contributed by atoms with Crippen molar-refractivity contribution in [3.05, 3.63) is 53.9 Å². The molecule has 25 heavy (non-hydrogen) atoms. The number of rotatable bonds is 8. The Balaban J connectivity index is 1.99. The molecule has 0 unspecified atom stereocenters. The van der Waals surface area contributed by atoms with Gasteiger partial charge >= 0.3 is 11.9 Å². The number of aliphatic carboxylic acids is 2. The van der Waals surface area contributed by atoms with E-state index in [2.05, 4.69) is 15.3 Å². The fraction of sp³-hybridized carbons (Fsp3) is 0.176. The standard InChI is InChI=1S/C17H17N3O5/c21-15(22)8-7-14(17(24)25)20-16(23)11-3-5-12(6-4-11)19-10-13-2-1-9-18-13/h1-6,9-10,14,18H,7-8H2,(H,20,23)(H,21,22)(H,24,25)/t14-/m0/s1. The topological polar surface area (TPSA) is 132 Å². The maximum atomic E-state index is 12.1. The molecule has 0 spiro atoms. The number of carbonyl (C=O) groups is 3. The molecule has 0 fully saturated rings. The van der Waals surface area contributed by atoms with Crippen LogP contribution in [0.4, 0.5) is 5.69 Å². The van der Waals surface area contributed by atoms with Gasteiger partial charge in [-0.1, -0.05) is 0 Å². The predicted molar refractivity (Wildman–Crippen MR) is 90.2 cm³/mol. The first-order valence-electron chi connectivity index (χ1n) is 7.48. The van der Waals surface area contributed by atoms with Crippen LogP contribution in [0.3, 0.4) is 0 Å². The van der Waals surface area contributed by atoms with E-state index in [0.29, 0.717) is 5.69 Å². The Hall–Kier alpha value is -3.42. The zero-order valence-electron chi connectivity index (χ0n) is 13.2. The third-order valence-electron chi connectivity index (χ3n) is 3.35. The van der Waals surface area contributed by atoms with E-state index in [-0.39, 0.29) is 18.4 Å². The summed E-state index contributed by atoms with van der Waals surface area (Å²) >= 11 is 0. The summed E-state index contributed by atoms with van der Waals surface area (Å²) in [4.78, 5) is 41.0. The minimum Gasteiger partial charge on any atom is -0.481 e. The SMILES string of the molecule is O=C(O)CC[C@H](NC(=O)c1ccc(N=Cc2ccc[nH]2)cc1)C(=O)O. The van der Waals surface area contributed by atoms with Crippen LogP contribution >= 0.6 is 0 Å². The molecule has 0 aliphatic heterocycles. The number of aromatic nitrogens is 1. The van der Waals surface area contributed by atoms with Crippen molar-refractivity contribution in [3.63, 3.8) is 0 Å². The minimum absolute atomic E-state index is 0.186. The number of nitrogens with one attached hydrogen (secondary N) is 2. The molecule has 1 amide bonds. The number of amides is 1. The van der Waals surface area contributed by atoms with Gasteiger partial charge in [0.25, 0.3) is 5.91 Å². The Bertz CT molecular complexity index is 766. The molecule has 1 atom stereocenters. The molecule has 1 heterocycles. The van der Waals surface area contributed by atoms with E-state index in [0.717, 1.165) is 5.69 Å². The molecule has 0 bridgehead atoms. The van der Waals surface area contributed by atoms with Crippen molar-refractivity contribution >= 4 is 29.7 Å². The zero-order chi connectivity index (χ0) is 18.2. The molecule has 0 saturated heterocycles. The molecule has 1 aromatic carbocycles. The molecule has 130 valence electrons. The highest BCUT2D eigenvalue weighted by molar-refractivity contribution is 5.97. The van der Waals surface area contributed by atoms with E-state index in [1.165, 1.54) is 12.1 Å². The fourth-order valence-corrected chi connectivity index (χ4v) is 2.03. The van der Waals surface area contributed by atoms with Crippen LogP contribution in [-0.2, 0) is 9.59 Å². The van der Waals surface area contributed by atoms with Crippen LogP contribution in [0.5, 0.6) is 0 Å². The van der Waals surface area contributed by atoms with Crippen molar-refractivity contribution in [3.8, 4) is 0 Å². The number of hydrogen-bond donors (Lipinski definition) is 4. The highest BCUT2D eigenvalue weighted by Crippen LogP contribution is 2.13. The monoisotopic (exact) mass is 343 g/mol. The van der Waals surface area contributed by atoms with E-state index in [1.54, 1.807) is 24.5 Å². The average molecular weight is 343 g/mol. The third-order valence-corrected chi connectivity index (χ3v) is 3.35. The van der Waals surface area contributed by atoms with E-state index < -0.39 is 23.9 Å². The van der Waals surface area contributed by atoms with Crippen molar-refractivity contribution in [2.45, 2.75) is 18.9 Å². The van der Waals surface area contributed by atoms with Gasteiger partial charge < -0.3 is 20.5 Å². The molecule has 0 aliphatic rings. The van der Waals surface area contributed by atoms with Gasteiger partial charge in [-0.15, -0.1) is 0 Å². The van der Waals surface area contributed by atoms with E-state index in [4.69, 9.17) is 10.2 Å². The number of nitrogens with zero attached hydrogens (tertiary/aromatic N) is 1. The summed E-state index contributed by atoms with van der Waals surface area (Å²) in [6.45, 7) is 0. The van der Waals surface area contributed by atoms with Crippen LogP contribution in [-0.4, -0.2) is 45.3 Å². The normalized spacial score (nSPS) is 12.0. The van der Waals surface area contributed by atoms with Crippen molar-refractivity contribution in [2.75, 3.05) is 0 Å². The second-order valence-corrected chi connectivity index (χ2v) is 5.23. The maximum Gasteiger partial charge on any atom is 0.326 e. The van der Waals surface area contributed by atoms with Crippen LogP contribution in [0.15, 0.2) is 47.6 Å². The molecule has 0 aliphatic carbocycles. The van der Waals surface area contributed by atoms with Crippen LogP contribution < -0.4 is 5.32 Å².